The zero-order valence-electron chi connectivity index (χ0n) is 9.35. The summed E-state index contributed by atoms with van der Waals surface area (Å²) in [6.45, 7) is -1.76. The molecular weight excluding hydrogens is 228 g/mol. The molecule has 0 atom stereocenters. The molecule has 0 amide bonds. The molecule has 0 unspecified atom stereocenters. The predicted octanol–water partition coefficient (Wildman–Crippen LogP) is 1.30. The van der Waals surface area contributed by atoms with Crippen molar-refractivity contribution < 1.29 is 8.78 Å². The minimum atomic E-state index is -2.55. The van der Waals surface area contributed by atoms with Crippen molar-refractivity contribution in [1.29, 1.82) is 0 Å². The van der Waals surface area contributed by atoms with E-state index in [-0.39, 0.29) is 6.54 Å². The van der Waals surface area contributed by atoms with Crippen LogP contribution >= 0.6 is 0 Å². The van der Waals surface area contributed by atoms with Gasteiger partial charge in [0.25, 0.3) is 0 Å². The highest BCUT2D eigenvalue weighted by atomic mass is 19.3. The van der Waals surface area contributed by atoms with Crippen molar-refractivity contribution in [3.8, 4) is 0 Å². The number of aryl methyl sites for hydroxylation is 1. The van der Waals surface area contributed by atoms with Gasteiger partial charge in [-0.3, -0.25) is 4.57 Å². The monoisotopic (exact) mass is 241 g/mol. The zero-order chi connectivity index (χ0) is 12.3. The first-order valence-corrected chi connectivity index (χ1v) is 5.15. The molecule has 0 radical (unpaired) electrons. The van der Waals surface area contributed by atoms with E-state index in [0.717, 1.165) is 10.4 Å². The number of halogens is 2. The van der Waals surface area contributed by atoms with E-state index in [1.165, 1.54) is 12.4 Å². The van der Waals surface area contributed by atoms with Crippen LogP contribution in [-0.4, -0.2) is 19.1 Å². The molecule has 0 saturated heterocycles. The molecule has 7 heteroatoms. The van der Waals surface area contributed by atoms with E-state index >= 15 is 0 Å². The van der Waals surface area contributed by atoms with Crippen molar-refractivity contribution in [3.05, 3.63) is 36.4 Å². The van der Waals surface area contributed by atoms with Gasteiger partial charge in [0.15, 0.2) is 0 Å². The fraction of sp³-hybridized carbons (Fsp3) is 0.400. The van der Waals surface area contributed by atoms with Gasteiger partial charge >= 0.3 is 6.55 Å². The molecule has 2 aromatic heterocycles. The van der Waals surface area contributed by atoms with Gasteiger partial charge in [0.05, 0.1) is 13.1 Å². The number of imidazole rings is 2. The van der Waals surface area contributed by atoms with Crippen LogP contribution in [0, 0.1) is 0 Å². The SMILES string of the molecule is Cn1ccnc1CNCc1nccn1C(F)F. The summed E-state index contributed by atoms with van der Waals surface area (Å²) < 4.78 is 27.7. The van der Waals surface area contributed by atoms with Gasteiger partial charge in [-0.15, -0.1) is 0 Å². The minimum absolute atomic E-state index is 0.282. The summed E-state index contributed by atoms with van der Waals surface area (Å²) in [5, 5.41) is 3.03. The maximum absolute atomic E-state index is 12.5. The number of alkyl halides is 2. The van der Waals surface area contributed by atoms with E-state index < -0.39 is 6.55 Å². The van der Waals surface area contributed by atoms with Gasteiger partial charge in [-0.25, -0.2) is 9.97 Å². The Balaban J connectivity index is 1.90. The Bertz CT molecular complexity index is 477. The van der Waals surface area contributed by atoms with Gasteiger partial charge in [0, 0.05) is 31.8 Å². The van der Waals surface area contributed by atoms with Crippen molar-refractivity contribution in [1.82, 2.24) is 24.4 Å². The Morgan fingerprint density at radius 2 is 1.82 bits per heavy atom. The largest absolute Gasteiger partial charge is 0.337 e. The lowest BCUT2D eigenvalue weighted by Crippen LogP contribution is -2.18. The average Bonchev–Trinajstić information content (AvgIpc) is 2.88. The zero-order valence-corrected chi connectivity index (χ0v) is 9.35. The van der Waals surface area contributed by atoms with Crippen molar-refractivity contribution in [3.63, 3.8) is 0 Å². The average molecular weight is 241 g/mol. The highest BCUT2D eigenvalue weighted by molar-refractivity contribution is 4.94. The van der Waals surface area contributed by atoms with E-state index in [1.54, 1.807) is 6.20 Å². The Labute approximate surface area is 97.1 Å². The second-order valence-electron chi connectivity index (χ2n) is 3.59. The van der Waals surface area contributed by atoms with E-state index in [0.29, 0.717) is 12.4 Å². The van der Waals surface area contributed by atoms with Gasteiger partial charge in [0.2, 0.25) is 0 Å². The summed E-state index contributed by atoms with van der Waals surface area (Å²) in [7, 11) is 1.88. The molecular formula is C10H13F2N5. The summed E-state index contributed by atoms with van der Waals surface area (Å²) in [4.78, 5) is 7.99. The van der Waals surface area contributed by atoms with E-state index in [9.17, 15) is 8.78 Å². The Morgan fingerprint density at radius 1 is 1.18 bits per heavy atom. The molecule has 0 aliphatic rings. The summed E-state index contributed by atoms with van der Waals surface area (Å²) in [5.74, 6) is 1.16. The topological polar surface area (TPSA) is 47.7 Å². The number of hydrogen-bond acceptors (Lipinski definition) is 3. The summed E-state index contributed by atoms with van der Waals surface area (Å²) in [5.41, 5.74) is 0. The molecule has 0 aliphatic heterocycles. The van der Waals surface area contributed by atoms with Crippen LogP contribution in [0.1, 0.15) is 18.2 Å². The molecule has 2 heterocycles. The Morgan fingerprint density at radius 3 is 2.47 bits per heavy atom. The molecule has 0 bridgehead atoms. The lowest BCUT2D eigenvalue weighted by molar-refractivity contribution is 0.0666. The fourth-order valence-corrected chi connectivity index (χ4v) is 1.51. The Kier molecular flexibility index (Phi) is 3.48. The first kappa shape index (κ1) is 11.7. The molecule has 2 rings (SSSR count). The lowest BCUT2D eigenvalue weighted by Gasteiger charge is -2.07. The van der Waals surface area contributed by atoms with Gasteiger partial charge in [-0.05, 0) is 0 Å². The first-order valence-electron chi connectivity index (χ1n) is 5.15. The summed E-state index contributed by atoms with van der Waals surface area (Å²) >= 11 is 0. The van der Waals surface area contributed by atoms with Gasteiger partial charge < -0.3 is 9.88 Å². The molecule has 0 spiro atoms. The predicted molar refractivity (Wildman–Crippen MR) is 57.2 cm³/mol. The molecule has 92 valence electrons. The van der Waals surface area contributed by atoms with E-state index in [1.807, 2.05) is 17.8 Å². The standard InChI is InChI=1S/C10H13F2N5/c1-16-4-2-14-8(16)6-13-7-9-15-3-5-17(9)10(11)12/h2-5,10,13H,6-7H2,1H3. The smallest absolute Gasteiger partial charge is 0.319 e. The van der Waals surface area contributed by atoms with Crippen molar-refractivity contribution in [2.45, 2.75) is 19.6 Å². The molecule has 1 N–H and O–H groups in total. The maximum Gasteiger partial charge on any atom is 0.319 e. The molecule has 2 aromatic rings. The minimum Gasteiger partial charge on any atom is -0.337 e. The maximum atomic E-state index is 12.5. The highest BCUT2D eigenvalue weighted by Gasteiger charge is 2.10. The van der Waals surface area contributed by atoms with Crippen molar-refractivity contribution in [2.75, 3.05) is 0 Å². The number of hydrogen-bond donors (Lipinski definition) is 1. The number of nitrogens with zero attached hydrogens (tertiary/aromatic N) is 4. The first-order chi connectivity index (χ1) is 8.18. The molecule has 5 nitrogen and oxygen atoms in total. The van der Waals surface area contributed by atoms with E-state index in [4.69, 9.17) is 0 Å². The number of nitrogens with one attached hydrogen (secondary N) is 1. The third-order valence-corrected chi connectivity index (χ3v) is 2.45. The van der Waals surface area contributed by atoms with Crippen molar-refractivity contribution in [2.24, 2.45) is 7.05 Å². The fourth-order valence-electron chi connectivity index (χ4n) is 1.51. The molecule has 17 heavy (non-hydrogen) atoms. The Hall–Kier alpha value is -1.76. The van der Waals surface area contributed by atoms with Gasteiger partial charge in [-0.2, -0.15) is 8.78 Å². The van der Waals surface area contributed by atoms with Crippen LogP contribution in [0.2, 0.25) is 0 Å². The van der Waals surface area contributed by atoms with Crippen LogP contribution in [0.25, 0.3) is 0 Å². The molecule has 0 aliphatic carbocycles. The normalized spacial score (nSPS) is 11.3. The summed E-state index contributed by atoms with van der Waals surface area (Å²) in [6, 6.07) is 0. The quantitative estimate of drug-likeness (QED) is 0.858. The van der Waals surface area contributed by atoms with Crippen molar-refractivity contribution >= 4 is 0 Å². The van der Waals surface area contributed by atoms with Crippen LogP contribution in [-0.2, 0) is 20.1 Å². The molecule has 0 fully saturated rings. The van der Waals surface area contributed by atoms with Crippen LogP contribution in [0.3, 0.4) is 0 Å². The third kappa shape index (κ3) is 2.68. The van der Waals surface area contributed by atoms with Crippen LogP contribution < -0.4 is 5.32 Å². The highest BCUT2D eigenvalue weighted by Crippen LogP contribution is 2.11. The second kappa shape index (κ2) is 5.05. The van der Waals surface area contributed by atoms with Crippen LogP contribution in [0.15, 0.2) is 24.8 Å². The third-order valence-electron chi connectivity index (χ3n) is 2.45. The number of aromatic nitrogens is 4. The van der Waals surface area contributed by atoms with Crippen LogP contribution in [0.5, 0.6) is 0 Å². The second-order valence-corrected chi connectivity index (χ2v) is 3.59. The van der Waals surface area contributed by atoms with E-state index in [2.05, 4.69) is 15.3 Å². The molecule has 0 saturated carbocycles. The van der Waals surface area contributed by atoms with Crippen LogP contribution in [0.4, 0.5) is 8.78 Å². The van der Waals surface area contributed by atoms with Gasteiger partial charge in [0.1, 0.15) is 11.6 Å². The van der Waals surface area contributed by atoms with Gasteiger partial charge in [-0.1, -0.05) is 0 Å². The molecule has 0 aromatic carbocycles. The summed E-state index contributed by atoms with van der Waals surface area (Å²) in [6.07, 6.45) is 6.15. The number of rotatable bonds is 5. The lowest BCUT2D eigenvalue weighted by atomic mass is 10.5.